The lowest BCUT2D eigenvalue weighted by atomic mass is 9.93. The molecule has 1 saturated heterocycles. The van der Waals surface area contributed by atoms with E-state index in [4.69, 9.17) is 4.74 Å². The van der Waals surface area contributed by atoms with E-state index in [2.05, 4.69) is 0 Å². The SMILES string of the molecule is COc1ccc(/C(O)=C2\C(=O)C(=O)N(c3ccccc3)C2c2ccccc2F)c(C)c1. The van der Waals surface area contributed by atoms with Crippen molar-refractivity contribution in [2.75, 3.05) is 12.0 Å². The molecule has 1 aliphatic rings. The molecule has 156 valence electrons. The fraction of sp³-hybridized carbons (Fsp3) is 0.120. The van der Waals surface area contributed by atoms with E-state index in [1.54, 1.807) is 61.5 Å². The maximum absolute atomic E-state index is 14.8. The number of carbonyl (C=O) groups is 2. The van der Waals surface area contributed by atoms with Crippen LogP contribution in [0.2, 0.25) is 0 Å². The highest BCUT2D eigenvalue weighted by atomic mass is 19.1. The van der Waals surface area contributed by atoms with Gasteiger partial charge in [-0.2, -0.15) is 0 Å². The fourth-order valence-electron chi connectivity index (χ4n) is 3.85. The number of hydrogen-bond donors (Lipinski definition) is 1. The molecule has 4 rings (SSSR count). The number of para-hydroxylation sites is 1. The van der Waals surface area contributed by atoms with Gasteiger partial charge in [0.1, 0.15) is 17.3 Å². The number of Topliss-reactive ketones (excluding diaryl/α,β-unsaturated/α-hetero) is 1. The largest absolute Gasteiger partial charge is 0.507 e. The van der Waals surface area contributed by atoms with Crippen LogP contribution in [0.1, 0.15) is 22.7 Å². The van der Waals surface area contributed by atoms with Gasteiger partial charge in [-0.25, -0.2) is 4.39 Å². The molecule has 5 nitrogen and oxygen atoms in total. The Morgan fingerprint density at radius 2 is 1.68 bits per heavy atom. The van der Waals surface area contributed by atoms with E-state index in [0.29, 0.717) is 22.6 Å². The number of aryl methyl sites for hydroxylation is 1. The zero-order valence-corrected chi connectivity index (χ0v) is 17.0. The molecule has 0 radical (unpaired) electrons. The lowest BCUT2D eigenvalue weighted by Gasteiger charge is -2.25. The molecule has 0 aliphatic carbocycles. The number of hydrogen-bond acceptors (Lipinski definition) is 4. The predicted octanol–water partition coefficient (Wildman–Crippen LogP) is 4.77. The molecule has 3 aromatic rings. The molecule has 0 bridgehead atoms. The fourth-order valence-corrected chi connectivity index (χ4v) is 3.85. The Bertz CT molecular complexity index is 1200. The average Bonchev–Trinajstić information content (AvgIpc) is 3.04. The number of aliphatic hydroxyl groups excluding tert-OH is 1. The molecule has 0 aromatic heterocycles. The highest BCUT2D eigenvalue weighted by Gasteiger charge is 2.47. The van der Waals surface area contributed by atoms with E-state index in [-0.39, 0.29) is 16.9 Å². The first-order valence-corrected chi connectivity index (χ1v) is 9.69. The Balaban J connectivity index is 1.97. The zero-order chi connectivity index (χ0) is 22.1. The van der Waals surface area contributed by atoms with Crippen molar-refractivity contribution in [2.45, 2.75) is 13.0 Å². The second kappa shape index (κ2) is 8.07. The Kier molecular flexibility index (Phi) is 5.29. The molecule has 0 saturated carbocycles. The summed E-state index contributed by atoms with van der Waals surface area (Å²) in [5.41, 5.74) is 1.41. The topological polar surface area (TPSA) is 66.8 Å². The minimum Gasteiger partial charge on any atom is -0.507 e. The van der Waals surface area contributed by atoms with Gasteiger partial charge in [0, 0.05) is 16.8 Å². The smallest absolute Gasteiger partial charge is 0.300 e. The summed E-state index contributed by atoms with van der Waals surface area (Å²) in [6.07, 6.45) is 0. The van der Waals surface area contributed by atoms with Crippen molar-refractivity contribution in [2.24, 2.45) is 0 Å². The molecule has 1 unspecified atom stereocenters. The molecule has 1 aliphatic heterocycles. The Morgan fingerprint density at radius 3 is 2.32 bits per heavy atom. The van der Waals surface area contributed by atoms with Crippen molar-refractivity contribution in [1.29, 1.82) is 0 Å². The van der Waals surface area contributed by atoms with Crippen LogP contribution in [0.25, 0.3) is 5.76 Å². The predicted molar refractivity (Wildman–Crippen MR) is 115 cm³/mol. The van der Waals surface area contributed by atoms with E-state index in [1.165, 1.54) is 30.2 Å². The third-order valence-electron chi connectivity index (χ3n) is 5.37. The lowest BCUT2D eigenvalue weighted by Crippen LogP contribution is -2.29. The number of amides is 1. The van der Waals surface area contributed by atoms with Gasteiger partial charge >= 0.3 is 0 Å². The number of anilines is 1. The van der Waals surface area contributed by atoms with Crippen molar-refractivity contribution in [3.63, 3.8) is 0 Å². The number of nitrogens with zero attached hydrogens (tertiary/aromatic N) is 1. The molecular formula is C25H20FNO4. The molecule has 31 heavy (non-hydrogen) atoms. The number of ketones is 1. The van der Waals surface area contributed by atoms with Crippen LogP contribution in [0.4, 0.5) is 10.1 Å². The highest BCUT2D eigenvalue weighted by Crippen LogP contribution is 2.43. The summed E-state index contributed by atoms with van der Waals surface area (Å²) in [6.45, 7) is 1.75. The van der Waals surface area contributed by atoms with Gasteiger partial charge in [-0.15, -0.1) is 0 Å². The maximum atomic E-state index is 14.8. The summed E-state index contributed by atoms with van der Waals surface area (Å²) in [6, 6.07) is 18.3. The van der Waals surface area contributed by atoms with E-state index < -0.39 is 23.5 Å². The number of aliphatic hydroxyl groups is 1. The lowest BCUT2D eigenvalue weighted by molar-refractivity contribution is -0.132. The Morgan fingerprint density at radius 1 is 1.00 bits per heavy atom. The van der Waals surface area contributed by atoms with Crippen LogP contribution in [0.3, 0.4) is 0 Å². The molecule has 6 heteroatoms. The first-order valence-electron chi connectivity index (χ1n) is 9.69. The summed E-state index contributed by atoms with van der Waals surface area (Å²) in [4.78, 5) is 27.3. The summed E-state index contributed by atoms with van der Waals surface area (Å²) in [5, 5.41) is 11.2. The first-order chi connectivity index (χ1) is 14.9. The summed E-state index contributed by atoms with van der Waals surface area (Å²) >= 11 is 0. The van der Waals surface area contributed by atoms with Crippen molar-refractivity contribution in [3.8, 4) is 5.75 Å². The number of rotatable bonds is 4. The van der Waals surface area contributed by atoms with Gasteiger partial charge in [0.25, 0.3) is 11.7 Å². The molecule has 1 N–H and O–H groups in total. The summed E-state index contributed by atoms with van der Waals surface area (Å²) in [5.74, 6) is -2.04. The van der Waals surface area contributed by atoms with Gasteiger partial charge in [0.15, 0.2) is 0 Å². The third-order valence-corrected chi connectivity index (χ3v) is 5.37. The van der Waals surface area contributed by atoms with E-state index in [9.17, 15) is 19.1 Å². The minimum absolute atomic E-state index is 0.123. The van der Waals surface area contributed by atoms with Crippen molar-refractivity contribution >= 4 is 23.1 Å². The van der Waals surface area contributed by atoms with Gasteiger partial charge in [-0.05, 0) is 48.9 Å². The highest BCUT2D eigenvalue weighted by molar-refractivity contribution is 6.51. The van der Waals surface area contributed by atoms with Crippen LogP contribution in [0.5, 0.6) is 5.75 Å². The number of benzene rings is 3. The van der Waals surface area contributed by atoms with Crippen molar-refractivity contribution in [1.82, 2.24) is 0 Å². The van der Waals surface area contributed by atoms with Gasteiger partial charge < -0.3 is 9.84 Å². The van der Waals surface area contributed by atoms with Crippen LogP contribution in [0.15, 0.2) is 78.4 Å². The molecule has 1 heterocycles. The molecular weight excluding hydrogens is 397 g/mol. The Hall–Kier alpha value is -3.93. The number of carbonyl (C=O) groups excluding carboxylic acids is 2. The molecule has 1 atom stereocenters. The second-order valence-electron chi connectivity index (χ2n) is 7.21. The number of methoxy groups -OCH3 is 1. The number of halogens is 1. The maximum Gasteiger partial charge on any atom is 0.300 e. The third kappa shape index (κ3) is 3.46. The average molecular weight is 417 g/mol. The van der Waals surface area contributed by atoms with Crippen molar-refractivity contribution < 1.29 is 23.8 Å². The van der Waals surface area contributed by atoms with Gasteiger partial charge in [0.05, 0.1) is 18.7 Å². The standard InChI is InChI=1S/C25H20FNO4/c1-15-14-17(31-2)12-13-18(15)23(28)21-22(19-10-6-7-11-20(19)26)27(25(30)24(21)29)16-8-4-3-5-9-16/h3-14,22,28H,1-2H3/b23-21+. The summed E-state index contributed by atoms with van der Waals surface area (Å²) < 4.78 is 20.0. The Labute approximate surface area is 179 Å². The van der Waals surface area contributed by atoms with E-state index >= 15 is 0 Å². The monoisotopic (exact) mass is 417 g/mol. The molecule has 3 aromatic carbocycles. The summed E-state index contributed by atoms with van der Waals surface area (Å²) in [7, 11) is 1.53. The number of ether oxygens (including phenoxy) is 1. The van der Waals surface area contributed by atoms with Crippen LogP contribution in [-0.4, -0.2) is 23.9 Å². The molecule has 0 spiro atoms. The second-order valence-corrected chi connectivity index (χ2v) is 7.21. The van der Waals surface area contributed by atoms with E-state index in [0.717, 1.165) is 0 Å². The van der Waals surface area contributed by atoms with Crippen LogP contribution in [0, 0.1) is 12.7 Å². The quantitative estimate of drug-likeness (QED) is 0.377. The van der Waals surface area contributed by atoms with E-state index in [1.807, 2.05) is 0 Å². The van der Waals surface area contributed by atoms with Gasteiger partial charge in [-0.1, -0.05) is 36.4 Å². The van der Waals surface area contributed by atoms with Crippen molar-refractivity contribution in [3.05, 3.63) is 101 Å². The van der Waals surface area contributed by atoms with Gasteiger partial charge in [0.2, 0.25) is 0 Å². The van der Waals surface area contributed by atoms with Crippen LogP contribution in [-0.2, 0) is 9.59 Å². The first kappa shape index (κ1) is 20.3. The molecule has 1 fully saturated rings. The normalized spacial score (nSPS) is 17.8. The van der Waals surface area contributed by atoms with Crippen LogP contribution >= 0.6 is 0 Å². The van der Waals surface area contributed by atoms with Crippen LogP contribution < -0.4 is 9.64 Å². The minimum atomic E-state index is -1.11. The van der Waals surface area contributed by atoms with Gasteiger partial charge in [-0.3, -0.25) is 14.5 Å². The molecule has 1 amide bonds. The zero-order valence-electron chi connectivity index (χ0n) is 17.0.